The van der Waals surface area contributed by atoms with Crippen LogP contribution in [0, 0.1) is 5.92 Å². The molecule has 1 rings (SSSR count). The maximum absolute atomic E-state index is 12.8. The Hall–Kier alpha value is -2.58. The van der Waals surface area contributed by atoms with E-state index in [1.54, 1.807) is 11.6 Å². The van der Waals surface area contributed by atoms with Gasteiger partial charge in [0.05, 0.1) is 17.8 Å². The highest BCUT2D eigenvalue weighted by Gasteiger charge is 2.27. The van der Waals surface area contributed by atoms with Gasteiger partial charge in [-0.25, -0.2) is 9.48 Å². The Morgan fingerprint density at radius 2 is 1.77 bits per heavy atom. The zero-order valence-electron chi connectivity index (χ0n) is 20.5. The summed E-state index contributed by atoms with van der Waals surface area (Å²) in [4.78, 5) is 38.3. The summed E-state index contributed by atoms with van der Waals surface area (Å²) in [6.45, 7) is 18.0. The van der Waals surface area contributed by atoms with Crippen LogP contribution in [0.3, 0.4) is 0 Å². The van der Waals surface area contributed by atoms with E-state index in [9.17, 15) is 14.4 Å². The molecule has 0 saturated heterocycles. The number of esters is 1. The standard InChI is InChI=1S/C22H39N5O4/c1-10-31-19(29)12-23-20(30)26(13-15(2)3)14-18(28)24-17-11-16(21(4,5)6)25-27(17)22(7,8)9/h11,15H,10,12-14H2,1-9H3,(H,23,30)(H,24,28). The maximum Gasteiger partial charge on any atom is 0.325 e. The number of ether oxygens (including phenoxy) is 1. The van der Waals surface area contributed by atoms with Gasteiger partial charge in [-0.3, -0.25) is 9.59 Å². The first-order valence-corrected chi connectivity index (χ1v) is 10.7. The monoisotopic (exact) mass is 437 g/mol. The first kappa shape index (κ1) is 26.5. The number of nitrogens with one attached hydrogen (secondary N) is 2. The van der Waals surface area contributed by atoms with E-state index >= 15 is 0 Å². The van der Waals surface area contributed by atoms with Crippen molar-refractivity contribution in [3.8, 4) is 0 Å². The van der Waals surface area contributed by atoms with Gasteiger partial charge in [-0.2, -0.15) is 5.10 Å². The van der Waals surface area contributed by atoms with E-state index in [0.29, 0.717) is 12.4 Å². The normalized spacial score (nSPS) is 11.9. The van der Waals surface area contributed by atoms with Crippen LogP contribution in [0.2, 0.25) is 0 Å². The molecule has 0 aliphatic carbocycles. The summed E-state index contributed by atoms with van der Waals surface area (Å²) in [5.74, 6) is -0.126. The Bertz CT molecular complexity index is 772. The van der Waals surface area contributed by atoms with Crippen LogP contribution in [-0.4, -0.2) is 58.8 Å². The number of nitrogens with zero attached hydrogens (tertiary/aromatic N) is 3. The molecule has 0 aromatic carbocycles. The number of carbonyl (C=O) groups is 3. The molecule has 0 bridgehead atoms. The molecular weight excluding hydrogens is 398 g/mol. The van der Waals surface area contributed by atoms with E-state index in [1.165, 1.54) is 4.90 Å². The van der Waals surface area contributed by atoms with Crippen molar-refractivity contribution in [3.63, 3.8) is 0 Å². The molecule has 0 aliphatic rings. The van der Waals surface area contributed by atoms with Gasteiger partial charge in [0.2, 0.25) is 5.91 Å². The zero-order valence-corrected chi connectivity index (χ0v) is 20.5. The second kappa shape index (κ2) is 10.6. The summed E-state index contributed by atoms with van der Waals surface area (Å²) in [6.07, 6.45) is 0. The van der Waals surface area contributed by atoms with Gasteiger partial charge in [-0.1, -0.05) is 34.6 Å². The van der Waals surface area contributed by atoms with Gasteiger partial charge < -0.3 is 20.3 Å². The SMILES string of the molecule is CCOC(=O)CNC(=O)N(CC(=O)Nc1cc(C(C)(C)C)nn1C(C)(C)C)CC(C)C. The van der Waals surface area contributed by atoms with E-state index < -0.39 is 12.0 Å². The Balaban J connectivity index is 2.96. The molecule has 1 aromatic heterocycles. The van der Waals surface area contributed by atoms with E-state index in [0.717, 1.165) is 5.69 Å². The minimum atomic E-state index is -0.520. The summed E-state index contributed by atoms with van der Waals surface area (Å²) in [5.41, 5.74) is 0.358. The van der Waals surface area contributed by atoms with Crippen molar-refractivity contribution in [2.24, 2.45) is 5.92 Å². The molecule has 0 unspecified atom stereocenters. The first-order valence-electron chi connectivity index (χ1n) is 10.7. The van der Waals surface area contributed by atoms with Crippen LogP contribution in [0.1, 0.15) is 68.0 Å². The van der Waals surface area contributed by atoms with E-state index in [4.69, 9.17) is 9.84 Å². The van der Waals surface area contributed by atoms with Crippen molar-refractivity contribution in [2.75, 3.05) is 31.6 Å². The van der Waals surface area contributed by atoms with Crippen molar-refractivity contribution in [1.29, 1.82) is 0 Å². The molecule has 0 radical (unpaired) electrons. The Morgan fingerprint density at radius 3 is 2.26 bits per heavy atom. The number of amides is 3. The maximum atomic E-state index is 12.8. The van der Waals surface area contributed by atoms with Crippen molar-refractivity contribution in [2.45, 2.75) is 73.3 Å². The summed E-state index contributed by atoms with van der Waals surface area (Å²) in [6, 6.07) is 1.38. The summed E-state index contributed by atoms with van der Waals surface area (Å²) in [7, 11) is 0. The molecule has 3 amide bonds. The fourth-order valence-corrected chi connectivity index (χ4v) is 2.84. The molecular formula is C22H39N5O4. The number of carbonyl (C=O) groups excluding carboxylic acids is 3. The third-order valence-corrected chi connectivity index (χ3v) is 4.28. The lowest BCUT2D eigenvalue weighted by molar-refractivity contribution is -0.141. The predicted octanol–water partition coefficient (Wildman–Crippen LogP) is 3.10. The number of urea groups is 1. The quantitative estimate of drug-likeness (QED) is 0.608. The molecule has 9 heteroatoms. The summed E-state index contributed by atoms with van der Waals surface area (Å²) in [5, 5.41) is 10.1. The van der Waals surface area contributed by atoms with Gasteiger partial charge in [0, 0.05) is 18.0 Å². The molecule has 9 nitrogen and oxygen atoms in total. The molecule has 1 heterocycles. The molecule has 176 valence electrons. The van der Waals surface area contributed by atoms with E-state index in [1.807, 2.05) is 40.7 Å². The molecule has 0 atom stereocenters. The van der Waals surface area contributed by atoms with Gasteiger partial charge in [-0.05, 0) is 33.6 Å². The minimum Gasteiger partial charge on any atom is -0.465 e. The van der Waals surface area contributed by atoms with Crippen molar-refractivity contribution >= 4 is 23.7 Å². The summed E-state index contributed by atoms with van der Waals surface area (Å²) >= 11 is 0. The van der Waals surface area contributed by atoms with Crippen molar-refractivity contribution in [3.05, 3.63) is 11.8 Å². The lowest BCUT2D eigenvalue weighted by Gasteiger charge is -2.25. The van der Waals surface area contributed by atoms with Crippen LogP contribution in [0.5, 0.6) is 0 Å². The highest BCUT2D eigenvalue weighted by Crippen LogP contribution is 2.28. The molecule has 0 spiro atoms. The number of anilines is 1. The topological polar surface area (TPSA) is 106 Å². The average Bonchev–Trinajstić information content (AvgIpc) is 3.03. The zero-order chi connectivity index (χ0) is 24.0. The highest BCUT2D eigenvalue weighted by molar-refractivity contribution is 5.94. The van der Waals surface area contributed by atoms with Crippen LogP contribution in [0.15, 0.2) is 6.07 Å². The largest absolute Gasteiger partial charge is 0.465 e. The van der Waals surface area contributed by atoms with E-state index in [2.05, 4.69) is 31.4 Å². The molecule has 0 aliphatic heterocycles. The lowest BCUT2D eigenvalue weighted by atomic mass is 9.92. The molecule has 31 heavy (non-hydrogen) atoms. The second-order valence-corrected chi connectivity index (χ2v) is 10.0. The van der Waals surface area contributed by atoms with Crippen molar-refractivity contribution < 1.29 is 19.1 Å². The van der Waals surface area contributed by atoms with Crippen LogP contribution in [0.25, 0.3) is 0 Å². The van der Waals surface area contributed by atoms with Gasteiger partial charge in [0.25, 0.3) is 0 Å². The first-order chi connectivity index (χ1) is 14.1. The molecule has 2 N–H and O–H groups in total. The Labute approximate surface area is 185 Å². The third-order valence-electron chi connectivity index (χ3n) is 4.28. The van der Waals surface area contributed by atoms with Crippen LogP contribution >= 0.6 is 0 Å². The number of hydrogen-bond acceptors (Lipinski definition) is 5. The Kier molecular flexibility index (Phi) is 9.08. The van der Waals surface area contributed by atoms with Crippen LogP contribution in [0.4, 0.5) is 10.6 Å². The second-order valence-electron chi connectivity index (χ2n) is 10.0. The van der Waals surface area contributed by atoms with Gasteiger partial charge >= 0.3 is 12.0 Å². The number of aromatic nitrogens is 2. The lowest BCUT2D eigenvalue weighted by Crippen LogP contribution is -2.47. The molecule has 0 saturated carbocycles. The minimum absolute atomic E-state index is 0.146. The van der Waals surface area contributed by atoms with Crippen molar-refractivity contribution in [1.82, 2.24) is 20.0 Å². The Morgan fingerprint density at radius 1 is 1.16 bits per heavy atom. The third kappa shape index (κ3) is 8.59. The molecule has 1 aromatic rings. The fraction of sp³-hybridized carbons (Fsp3) is 0.727. The number of hydrogen-bond donors (Lipinski definition) is 2. The summed E-state index contributed by atoms with van der Waals surface area (Å²) < 4.78 is 6.62. The predicted molar refractivity (Wildman–Crippen MR) is 121 cm³/mol. The van der Waals surface area contributed by atoms with Gasteiger partial charge in [-0.15, -0.1) is 0 Å². The van der Waals surface area contributed by atoms with Gasteiger partial charge in [0.1, 0.15) is 18.9 Å². The van der Waals surface area contributed by atoms with Gasteiger partial charge in [0.15, 0.2) is 0 Å². The van der Waals surface area contributed by atoms with Crippen LogP contribution in [-0.2, 0) is 25.3 Å². The fourth-order valence-electron chi connectivity index (χ4n) is 2.84. The average molecular weight is 438 g/mol. The smallest absolute Gasteiger partial charge is 0.325 e. The molecule has 0 fully saturated rings. The highest BCUT2D eigenvalue weighted by atomic mass is 16.5. The van der Waals surface area contributed by atoms with E-state index in [-0.39, 0.29) is 42.5 Å². The van der Waals surface area contributed by atoms with Crippen LogP contribution < -0.4 is 10.6 Å². The number of rotatable bonds is 8.